The van der Waals surface area contributed by atoms with Gasteiger partial charge in [-0.25, -0.2) is 0 Å². The summed E-state index contributed by atoms with van der Waals surface area (Å²) in [5.74, 6) is 0. The van der Waals surface area contributed by atoms with E-state index in [-0.39, 0.29) is 6.04 Å². The minimum atomic E-state index is -3.25. The van der Waals surface area contributed by atoms with Crippen LogP contribution in [-0.4, -0.2) is 57.9 Å². The van der Waals surface area contributed by atoms with E-state index in [2.05, 4.69) is 16.7 Å². The van der Waals surface area contributed by atoms with Crippen molar-refractivity contribution in [1.82, 2.24) is 13.9 Å². The Balaban J connectivity index is 2.46. The summed E-state index contributed by atoms with van der Waals surface area (Å²) in [5, 5.41) is 0. The molecule has 0 aromatic carbocycles. The van der Waals surface area contributed by atoms with Gasteiger partial charge in [0.1, 0.15) is 0 Å². The molecule has 5 nitrogen and oxygen atoms in total. The van der Waals surface area contributed by atoms with Gasteiger partial charge < -0.3 is 4.90 Å². The van der Waals surface area contributed by atoms with E-state index in [1.807, 2.05) is 0 Å². The number of nitrogens with one attached hydrogen (secondary N) is 1. The second kappa shape index (κ2) is 4.57. The summed E-state index contributed by atoms with van der Waals surface area (Å²) in [7, 11) is 1.88. The molecular formula is C8H19N3O2S. The van der Waals surface area contributed by atoms with Crippen LogP contribution in [0.2, 0.25) is 0 Å². The van der Waals surface area contributed by atoms with Crippen LogP contribution in [0.5, 0.6) is 0 Å². The maximum absolute atomic E-state index is 11.5. The average molecular weight is 221 g/mol. The Morgan fingerprint density at radius 1 is 1.29 bits per heavy atom. The molecule has 0 saturated carbocycles. The number of hydrogen-bond donors (Lipinski definition) is 1. The lowest BCUT2D eigenvalue weighted by atomic mass is 10.1. The number of piperidine rings is 1. The molecule has 0 atom stereocenters. The smallest absolute Gasteiger partial charge is 0.279 e. The topological polar surface area (TPSA) is 52.7 Å². The first-order chi connectivity index (χ1) is 6.42. The second-order valence-electron chi connectivity index (χ2n) is 3.98. The van der Waals surface area contributed by atoms with Gasteiger partial charge in [-0.05, 0) is 33.0 Å². The molecule has 1 fully saturated rings. The maximum Gasteiger partial charge on any atom is 0.279 e. The Bertz CT molecular complexity index is 268. The molecule has 84 valence electrons. The van der Waals surface area contributed by atoms with Crippen molar-refractivity contribution in [3.63, 3.8) is 0 Å². The lowest BCUT2D eigenvalue weighted by Gasteiger charge is -2.29. The minimum absolute atomic E-state index is 0.0959. The predicted octanol–water partition coefficient (Wildman–Crippen LogP) is -0.523. The van der Waals surface area contributed by atoms with Crippen LogP contribution in [-0.2, 0) is 10.2 Å². The number of nitrogens with zero attached hydrogens (tertiary/aromatic N) is 2. The average Bonchev–Trinajstić information content (AvgIpc) is 2.08. The molecule has 14 heavy (non-hydrogen) atoms. The molecule has 1 saturated heterocycles. The zero-order valence-electron chi connectivity index (χ0n) is 9.02. The zero-order chi connectivity index (χ0) is 10.8. The highest BCUT2D eigenvalue weighted by Crippen LogP contribution is 2.09. The first-order valence-electron chi connectivity index (χ1n) is 4.80. The largest absolute Gasteiger partial charge is 0.306 e. The van der Waals surface area contributed by atoms with Crippen LogP contribution >= 0.6 is 0 Å². The van der Waals surface area contributed by atoms with E-state index in [0.717, 1.165) is 25.9 Å². The number of rotatable bonds is 3. The summed E-state index contributed by atoms with van der Waals surface area (Å²) in [4.78, 5) is 2.21. The molecule has 0 bridgehead atoms. The molecule has 6 heteroatoms. The van der Waals surface area contributed by atoms with E-state index in [4.69, 9.17) is 0 Å². The highest BCUT2D eigenvalue weighted by atomic mass is 32.2. The fourth-order valence-corrected chi connectivity index (χ4v) is 2.31. The fourth-order valence-electron chi connectivity index (χ4n) is 1.44. The highest BCUT2D eigenvalue weighted by Gasteiger charge is 2.22. The van der Waals surface area contributed by atoms with Crippen molar-refractivity contribution in [3.8, 4) is 0 Å². The van der Waals surface area contributed by atoms with E-state index >= 15 is 0 Å². The van der Waals surface area contributed by atoms with Crippen LogP contribution in [0, 0.1) is 0 Å². The van der Waals surface area contributed by atoms with Crippen molar-refractivity contribution in [1.29, 1.82) is 0 Å². The van der Waals surface area contributed by atoms with E-state index in [0.29, 0.717) is 0 Å². The Morgan fingerprint density at radius 2 is 1.79 bits per heavy atom. The molecule has 0 unspecified atom stereocenters. The first-order valence-corrected chi connectivity index (χ1v) is 6.24. The van der Waals surface area contributed by atoms with Gasteiger partial charge in [0.25, 0.3) is 10.2 Å². The first kappa shape index (κ1) is 11.9. The SMILES string of the molecule is CN1CCC(NS(=O)(=O)N(C)C)CC1. The van der Waals surface area contributed by atoms with Gasteiger partial charge in [0, 0.05) is 20.1 Å². The van der Waals surface area contributed by atoms with Gasteiger partial charge in [-0.1, -0.05) is 0 Å². The molecule has 1 rings (SSSR count). The van der Waals surface area contributed by atoms with Gasteiger partial charge in [0.05, 0.1) is 0 Å². The molecule has 1 aliphatic rings. The normalized spacial score (nSPS) is 21.7. The van der Waals surface area contributed by atoms with Gasteiger partial charge in [0.15, 0.2) is 0 Å². The number of likely N-dealkylation sites (tertiary alicyclic amines) is 1. The second-order valence-corrected chi connectivity index (χ2v) is 5.90. The van der Waals surface area contributed by atoms with E-state index < -0.39 is 10.2 Å². The quantitative estimate of drug-likeness (QED) is 0.697. The van der Waals surface area contributed by atoms with E-state index in [1.54, 1.807) is 0 Å². The van der Waals surface area contributed by atoms with Crippen LogP contribution in [0.1, 0.15) is 12.8 Å². The van der Waals surface area contributed by atoms with Crippen LogP contribution < -0.4 is 4.72 Å². The molecule has 0 aromatic rings. The molecule has 1 aliphatic heterocycles. The van der Waals surface area contributed by atoms with Crippen LogP contribution in [0.15, 0.2) is 0 Å². The molecule has 0 aliphatic carbocycles. The monoisotopic (exact) mass is 221 g/mol. The zero-order valence-corrected chi connectivity index (χ0v) is 9.84. The van der Waals surface area contributed by atoms with Crippen molar-refractivity contribution < 1.29 is 8.42 Å². The number of hydrogen-bond acceptors (Lipinski definition) is 3. The van der Waals surface area contributed by atoms with Crippen molar-refractivity contribution in [2.45, 2.75) is 18.9 Å². The standard InChI is InChI=1S/C8H19N3O2S/c1-10(2)14(12,13)9-8-4-6-11(3)7-5-8/h8-9H,4-7H2,1-3H3. The Labute approximate surface area is 86.3 Å². The van der Waals surface area contributed by atoms with Gasteiger partial charge in [-0.3, -0.25) is 0 Å². The molecular weight excluding hydrogens is 202 g/mol. The summed E-state index contributed by atoms with van der Waals surface area (Å²) in [5.41, 5.74) is 0. The Hall–Kier alpha value is -0.170. The predicted molar refractivity (Wildman–Crippen MR) is 56.3 cm³/mol. The van der Waals surface area contributed by atoms with Gasteiger partial charge >= 0.3 is 0 Å². The van der Waals surface area contributed by atoms with Crippen LogP contribution in [0.3, 0.4) is 0 Å². The minimum Gasteiger partial charge on any atom is -0.306 e. The third kappa shape index (κ3) is 3.20. The Morgan fingerprint density at radius 3 is 2.21 bits per heavy atom. The van der Waals surface area contributed by atoms with Gasteiger partial charge in [-0.2, -0.15) is 17.4 Å². The van der Waals surface area contributed by atoms with Crippen molar-refractivity contribution >= 4 is 10.2 Å². The van der Waals surface area contributed by atoms with Crippen molar-refractivity contribution in [3.05, 3.63) is 0 Å². The molecule has 1 N–H and O–H groups in total. The van der Waals surface area contributed by atoms with Gasteiger partial charge in [0.2, 0.25) is 0 Å². The molecule has 1 heterocycles. The van der Waals surface area contributed by atoms with Crippen molar-refractivity contribution in [2.24, 2.45) is 0 Å². The van der Waals surface area contributed by atoms with Crippen LogP contribution in [0.25, 0.3) is 0 Å². The van der Waals surface area contributed by atoms with Crippen LogP contribution in [0.4, 0.5) is 0 Å². The summed E-state index contributed by atoms with van der Waals surface area (Å²) < 4.78 is 26.9. The summed E-state index contributed by atoms with van der Waals surface area (Å²) in [6.45, 7) is 1.92. The fraction of sp³-hybridized carbons (Fsp3) is 1.00. The summed E-state index contributed by atoms with van der Waals surface area (Å²) >= 11 is 0. The van der Waals surface area contributed by atoms with E-state index in [1.165, 1.54) is 18.4 Å². The Kier molecular flexibility index (Phi) is 3.88. The molecule has 0 amide bonds. The lowest BCUT2D eigenvalue weighted by molar-refractivity contribution is 0.246. The van der Waals surface area contributed by atoms with Crippen molar-refractivity contribution in [2.75, 3.05) is 34.2 Å². The molecule has 0 spiro atoms. The molecule has 0 radical (unpaired) electrons. The third-order valence-corrected chi connectivity index (χ3v) is 4.11. The maximum atomic E-state index is 11.5. The van der Waals surface area contributed by atoms with Gasteiger partial charge in [-0.15, -0.1) is 0 Å². The lowest BCUT2D eigenvalue weighted by Crippen LogP contribution is -2.47. The summed E-state index contributed by atoms with van der Waals surface area (Å²) in [6, 6.07) is 0.0959. The van der Waals surface area contributed by atoms with E-state index in [9.17, 15) is 8.42 Å². The molecule has 0 aromatic heterocycles. The summed E-state index contributed by atoms with van der Waals surface area (Å²) in [6.07, 6.45) is 1.78. The highest BCUT2D eigenvalue weighted by molar-refractivity contribution is 7.87. The third-order valence-electron chi connectivity index (χ3n) is 2.51.